The molecule has 0 saturated carbocycles. The van der Waals surface area contributed by atoms with E-state index in [0.717, 1.165) is 13.0 Å². The molecule has 1 amide bonds. The summed E-state index contributed by atoms with van der Waals surface area (Å²) in [6, 6.07) is 0.331. The summed E-state index contributed by atoms with van der Waals surface area (Å²) in [5.41, 5.74) is -0.283. The molecule has 3 heteroatoms. The van der Waals surface area contributed by atoms with E-state index in [1.165, 1.54) is 25.9 Å². The van der Waals surface area contributed by atoms with Crippen LogP contribution in [0.4, 0.5) is 0 Å². The number of unbranched alkanes of at least 4 members (excludes halogenated alkanes) is 1. The predicted octanol–water partition coefficient (Wildman–Crippen LogP) is 2.66. The highest BCUT2D eigenvalue weighted by molar-refractivity contribution is 5.81. The van der Waals surface area contributed by atoms with Crippen LogP contribution >= 0.6 is 0 Å². The zero-order valence-electron chi connectivity index (χ0n) is 12.8. The summed E-state index contributed by atoms with van der Waals surface area (Å²) in [5.74, 6) is 0.859. The minimum Gasteiger partial charge on any atom is -0.352 e. The highest BCUT2D eigenvalue weighted by Crippen LogP contribution is 2.19. The largest absolute Gasteiger partial charge is 0.352 e. The minimum atomic E-state index is -0.283. The third kappa shape index (κ3) is 4.97. The van der Waals surface area contributed by atoms with Crippen LogP contribution in [0.25, 0.3) is 0 Å². The second-order valence-electron chi connectivity index (χ2n) is 6.87. The average molecular weight is 254 g/mol. The maximum atomic E-state index is 12.0. The molecule has 18 heavy (non-hydrogen) atoms. The van der Waals surface area contributed by atoms with Gasteiger partial charge < -0.3 is 10.2 Å². The molecule has 0 bridgehead atoms. The Balaban J connectivity index is 2.48. The lowest BCUT2D eigenvalue weighted by Gasteiger charge is -2.37. The van der Waals surface area contributed by atoms with Crippen molar-refractivity contribution in [2.24, 2.45) is 11.3 Å². The fourth-order valence-corrected chi connectivity index (χ4v) is 2.53. The maximum absolute atomic E-state index is 12.0. The topological polar surface area (TPSA) is 32.3 Å². The van der Waals surface area contributed by atoms with Gasteiger partial charge in [0, 0.05) is 24.5 Å². The predicted molar refractivity (Wildman–Crippen MR) is 76.5 cm³/mol. The third-order valence-electron chi connectivity index (χ3n) is 3.58. The van der Waals surface area contributed by atoms with Crippen LogP contribution in [0.5, 0.6) is 0 Å². The highest BCUT2D eigenvalue weighted by Gasteiger charge is 2.29. The molecule has 3 nitrogen and oxygen atoms in total. The fraction of sp³-hybridized carbons (Fsp3) is 0.933. The van der Waals surface area contributed by atoms with E-state index in [9.17, 15) is 4.79 Å². The van der Waals surface area contributed by atoms with Gasteiger partial charge in [-0.15, -0.1) is 0 Å². The number of carbonyl (C=O) groups is 1. The van der Waals surface area contributed by atoms with Gasteiger partial charge in [0.2, 0.25) is 5.91 Å². The minimum absolute atomic E-state index is 0.178. The quantitative estimate of drug-likeness (QED) is 0.836. The molecule has 0 aromatic rings. The van der Waals surface area contributed by atoms with E-state index in [4.69, 9.17) is 0 Å². The van der Waals surface area contributed by atoms with Gasteiger partial charge in [-0.1, -0.05) is 41.0 Å². The molecule has 0 radical (unpaired) electrons. The van der Waals surface area contributed by atoms with Crippen LogP contribution in [0.1, 0.15) is 53.9 Å². The van der Waals surface area contributed by atoms with Gasteiger partial charge in [0.05, 0.1) is 0 Å². The number of amides is 1. The maximum Gasteiger partial charge on any atom is 0.225 e. The van der Waals surface area contributed by atoms with E-state index in [2.05, 4.69) is 24.1 Å². The summed E-state index contributed by atoms with van der Waals surface area (Å²) in [7, 11) is 0. The van der Waals surface area contributed by atoms with Gasteiger partial charge in [0.25, 0.3) is 0 Å². The van der Waals surface area contributed by atoms with Crippen LogP contribution in [-0.4, -0.2) is 36.5 Å². The van der Waals surface area contributed by atoms with Crippen LogP contribution in [0, 0.1) is 11.3 Å². The van der Waals surface area contributed by atoms with Gasteiger partial charge in [0.1, 0.15) is 0 Å². The van der Waals surface area contributed by atoms with Crippen molar-refractivity contribution in [1.82, 2.24) is 10.2 Å². The standard InChI is InChI=1S/C15H30N2O/c1-6-7-8-17-10-12(2)9-13(11-17)16-14(18)15(3,4)5/h12-13H,6-11H2,1-5H3,(H,16,18). The molecular formula is C15H30N2O. The van der Waals surface area contributed by atoms with Crippen LogP contribution < -0.4 is 5.32 Å². The molecule has 1 fully saturated rings. The highest BCUT2D eigenvalue weighted by atomic mass is 16.2. The summed E-state index contributed by atoms with van der Waals surface area (Å²) in [6.07, 6.45) is 3.61. The van der Waals surface area contributed by atoms with Gasteiger partial charge in [-0.3, -0.25) is 4.79 Å². The van der Waals surface area contributed by atoms with E-state index in [-0.39, 0.29) is 11.3 Å². The summed E-state index contributed by atoms with van der Waals surface area (Å²) in [4.78, 5) is 14.5. The first-order valence-electron chi connectivity index (χ1n) is 7.36. The Kier molecular flexibility index (Phi) is 5.64. The van der Waals surface area contributed by atoms with E-state index in [1.54, 1.807) is 0 Å². The average Bonchev–Trinajstić information content (AvgIpc) is 2.24. The number of nitrogens with zero attached hydrogens (tertiary/aromatic N) is 1. The molecule has 1 heterocycles. The Morgan fingerprint density at radius 3 is 2.56 bits per heavy atom. The van der Waals surface area contributed by atoms with Crippen LogP contribution in [0.3, 0.4) is 0 Å². The zero-order chi connectivity index (χ0) is 13.8. The Bertz CT molecular complexity index is 270. The van der Waals surface area contributed by atoms with E-state index in [0.29, 0.717) is 12.0 Å². The van der Waals surface area contributed by atoms with Crippen molar-refractivity contribution in [1.29, 1.82) is 0 Å². The van der Waals surface area contributed by atoms with Crippen molar-refractivity contribution < 1.29 is 4.79 Å². The molecule has 1 N–H and O–H groups in total. The Hall–Kier alpha value is -0.570. The monoisotopic (exact) mass is 254 g/mol. The Morgan fingerprint density at radius 2 is 2.00 bits per heavy atom. The molecule has 1 aliphatic rings. The molecule has 2 atom stereocenters. The van der Waals surface area contributed by atoms with Crippen molar-refractivity contribution in [2.75, 3.05) is 19.6 Å². The van der Waals surface area contributed by atoms with E-state index < -0.39 is 0 Å². The molecular weight excluding hydrogens is 224 g/mol. The van der Waals surface area contributed by atoms with E-state index >= 15 is 0 Å². The second kappa shape index (κ2) is 6.55. The van der Waals surface area contributed by atoms with Gasteiger partial charge in [0.15, 0.2) is 0 Å². The zero-order valence-corrected chi connectivity index (χ0v) is 12.8. The van der Waals surface area contributed by atoms with Crippen molar-refractivity contribution in [3.8, 4) is 0 Å². The normalized spacial score (nSPS) is 26.1. The van der Waals surface area contributed by atoms with E-state index in [1.807, 2.05) is 20.8 Å². The molecule has 0 aromatic carbocycles. The Morgan fingerprint density at radius 1 is 1.33 bits per heavy atom. The molecule has 1 aliphatic heterocycles. The molecule has 0 spiro atoms. The fourth-order valence-electron chi connectivity index (χ4n) is 2.53. The number of hydrogen-bond acceptors (Lipinski definition) is 2. The van der Waals surface area contributed by atoms with Gasteiger partial charge in [-0.25, -0.2) is 0 Å². The summed E-state index contributed by atoms with van der Waals surface area (Å²) >= 11 is 0. The van der Waals surface area contributed by atoms with Crippen molar-refractivity contribution in [3.05, 3.63) is 0 Å². The third-order valence-corrected chi connectivity index (χ3v) is 3.58. The number of likely N-dealkylation sites (tertiary alicyclic amines) is 1. The number of rotatable bonds is 4. The molecule has 1 saturated heterocycles. The first-order valence-corrected chi connectivity index (χ1v) is 7.36. The number of nitrogens with one attached hydrogen (secondary N) is 1. The van der Waals surface area contributed by atoms with Gasteiger partial charge in [-0.2, -0.15) is 0 Å². The lowest BCUT2D eigenvalue weighted by Crippen LogP contribution is -2.52. The molecule has 2 unspecified atom stereocenters. The summed E-state index contributed by atoms with van der Waals surface area (Å²) < 4.78 is 0. The van der Waals surface area contributed by atoms with Gasteiger partial charge in [-0.05, 0) is 25.3 Å². The summed E-state index contributed by atoms with van der Waals surface area (Å²) in [5, 5.41) is 3.22. The molecule has 0 aromatic heterocycles. The summed E-state index contributed by atoms with van der Waals surface area (Å²) in [6.45, 7) is 13.8. The smallest absolute Gasteiger partial charge is 0.225 e. The number of hydrogen-bond donors (Lipinski definition) is 1. The number of carbonyl (C=O) groups excluding carboxylic acids is 1. The first-order chi connectivity index (χ1) is 8.32. The molecule has 0 aliphatic carbocycles. The lowest BCUT2D eigenvalue weighted by molar-refractivity contribution is -0.129. The van der Waals surface area contributed by atoms with Crippen LogP contribution in [0.2, 0.25) is 0 Å². The first kappa shape index (κ1) is 15.5. The van der Waals surface area contributed by atoms with Gasteiger partial charge >= 0.3 is 0 Å². The van der Waals surface area contributed by atoms with Crippen LogP contribution in [-0.2, 0) is 4.79 Å². The van der Waals surface area contributed by atoms with Crippen LogP contribution in [0.15, 0.2) is 0 Å². The molecule has 106 valence electrons. The Labute approximate surface area is 112 Å². The van der Waals surface area contributed by atoms with Crippen molar-refractivity contribution >= 4 is 5.91 Å². The van der Waals surface area contributed by atoms with Crippen molar-refractivity contribution in [3.63, 3.8) is 0 Å². The lowest BCUT2D eigenvalue weighted by atomic mass is 9.92. The second-order valence-corrected chi connectivity index (χ2v) is 6.87. The van der Waals surface area contributed by atoms with Crippen molar-refractivity contribution in [2.45, 2.75) is 59.9 Å². The SMILES string of the molecule is CCCCN1CC(C)CC(NC(=O)C(C)(C)C)C1. The molecule has 1 rings (SSSR count). The number of piperidine rings is 1.